The molecule has 7 heteroatoms. The summed E-state index contributed by atoms with van der Waals surface area (Å²) in [5.41, 5.74) is 0.576. The van der Waals surface area contributed by atoms with Crippen molar-refractivity contribution >= 4 is 21.2 Å². The summed E-state index contributed by atoms with van der Waals surface area (Å²) in [6.07, 6.45) is 0. The Labute approximate surface area is 96.5 Å². The highest BCUT2D eigenvalue weighted by Crippen LogP contribution is 2.22. The molecule has 0 amide bonds. The lowest BCUT2D eigenvalue weighted by atomic mass is 10.0. The molecule has 0 fully saturated rings. The van der Waals surface area contributed by atoms with Crippen molar-refractivity contribution < 1.29 is 21.7 Å². The van der Waals surface area contributed by atoms with Crippen molar-refractivity contribution in [2.75, 3.05) is 0 Å². The first kappa shape index (κ1) is 13.3. The number of rotatable bonds is 3. The minimum absolute atomic E-state index is 0.0102. The summed E-state index contributed by atoms with van der Waals surface area (Å²) in [6.45, 7) is 3.63. The minimum Gasteiger partial charge on any atom is -0.302 e. The van der Waals surface area contributed by atoms with Gasteiger partial charge in [-0.3, -0.25) is 4.55 Å². The van der Waals surface area contributed by atoms with Crippen LogP contribution in [-0.2, 0) is 21.2 Å². The molecule has 1 aromatic carbocycles. The Bertz CT molecular complexity index is 519. The summed E-state index contributed by atoms with van der Waals surface area (Å²) < 4.78 is 50.6. The van der Waals surface area contributed by atoms with Gasteiger partial charge in [-0.1, -0.05) is 13.8 Å². The molecule has 0 aliphatic heterocycles. The van der Waals surface area contributed by atoms with Crippen molar-refractivity contribution in [2.45, 2.75) is 29.6 Å². The monoisotopic (exact) mass is 264 g/mol. The van der Waals surface area contributed by atoms with E-state index in [4.69, 9.17) is 9.11 Å². The largest absolute Gasteiger partial charge is 0.302 e. The Balaban J connectivity index is 3.48. The van der Waals surface area contributed by atoms with Gasteiger partial charge in [0.15, 0.2) is 11.1 Å². The van der Waals surface area contributed by atoms with Crippen molar-refractivity contribution in [3.63, 3.8) is 0 Å². The van der Waals surface area contributed by atoms with Crippen LogP contribution in [0, 0.1) is 0 Å². The highest BCUT2D eigenvalue weighted by molar-refractivity contribution is 7.86. The number of benzene rings is 1. The van der Waals surface area contributed by atoms with Gasteiger partial charge in [-0.25, -0.2) is 4.21 Å². The van der Waals surface area contributed by atoms with Crippen LogP contribution >= 0.6 is 0 Å². The van der Waals surface area contributed by atoms with Crippen LogP contribution in [-0.4, -0.2) is 21.7 Å². The van der Waals surface area contributed by atoms with E-state index in [1.165, 1.54) is 12.1 Å². The third-order valence-electron chi connectivity index (χ3n) is 2.07. The zero-order chi connectivity index (χ0) is 12.5. The molecule has 0 bridgehead atoms. The van der Waals surface area contributed by atoms with E-state index < -0.39 is 21.2 Å². The van der Waals surface area contributed by atoms with Gasteiger partial charge < -0.3 is 4.55 Å². The fourth-order valence-corrected chi connectivity index (χ4v) is 2.28. The Morgan fingerprint density at radius 2 is 1.81 bits per heavy atom. The number of hydrogen-bond donors (Lipinski definition) is 2. The Hall–Kier alpha value is -0.760. The van der Waals surface area contributed by atoms with Gasteiger partial charge in [0.25, 0.3) is 10.1 Å². The zero-order valence-electron chi connectivity index (χ0n) is 8.75. The Morgan fingerprint density at radius 1 is 1.25 bits per heavy atom. The Morgan fingerprint density at radius 3 is 2.19 bits per heavy atom. The van der Waals surface area contributed by atoms with Gasteiger partial charge in [0.2, 0.25) is 0 Å². The first-order valence-electron chi connectivity index (χ1n) is 4.45. The van der Waals surface area contributed by atoms with Crippen molar-refractivity contribution in [3.8, 4) is 0 Å². The highest BCUT2D eigenvalue weighted by atomic mass is 32.2. The minimum atomic E-state index is -4.36. The van der Waals surface area contributed by atoms with E-state index in [0.717, 1.165) is 6.07 Å². The first-order valence-corrected chi connectivity index (χ1v) is 7.00. The summed E-state index contributed by atoms with van der Waals surface area (Å²) in [4.78, 5) is -0.407. The van der Waals surface area contributed by atoms with Crippen LogP contribution in [0.3, 0.4) is 0 Å². The van der Waals surface area contributed by atoms with E-state index in [1.807, 2.05) is 13.8 Å². The summed E-state index contributed by atoms with van der Waals surface area (Å²) in [5.74, 6) is -0.0102. The molecule has 0 heterocycles. The van der Waals surface area contributed by atoms with E-state index in [9.17, 15) is 12.6 Å². The maximum absolute atomic E-state index is 11.0. The smallest absolute Gasteiger partial charge is 0.294 e. The van der Waals surface area contributed by atoms with Crippen LogP contribution < -0.4 is 0 Å². The molecule has 0 aliphatic carbocycles. The molecule has 5 nitrogen and oxygen atoms in total. The molecule has 1 aromatic rings. The van der Waals surface area contributed by atoms with Crippen LogP contribution in [0.25, 0.3) is 0 Å². The fourth-order valence-electron chi connectivity index (χ4n) is 1.18. The van der Waals surface area contributed by atoms with E-state index in [-0.39, 0.29) is 15.7 Å². The average molecular weight is 264 g/mol. The summed E-state index contributed by atoms with van der Waals surface area (Å²) in [7, 11) is -4.36. The third kappa shape index (κ3) is 3.11. The maximum atomic E-state index is 11.0. The lowest BCUT2D eigenvalue weighted by Crippen LogP contribution is -2.02. The standard InChI is InChI=1S/C9H12O5S2/c1-6(2)7-3-8(15(10)11)5-9(4-7)16(12,13)14/h3-6H,1-2H3,(H,10,11)(H,12,13,14). The highest BCUT2D eigenvalue weighted by Gasteiger charge is 2.15. The summed E-state index contributed by atoms with van der Waals surface area (Å²) in [5, 5.41) is 0. The van der Waals surface area contributed by atoms with Gasteiger partial charge >= 0.3 is 0 Å². The van der Waals surface area contributed by atoms with E-state index >= 15 is 0 Å². The van der Waals surface area contributed by atoms with Gasteiger partial charge in [0.1, 0.15) is 0 Å². The first-order chi connectivity index (χ1) is 7.21. The fraction of sp³-hybridized carbons (Fsp3) is 0.333. The molecule has 0 saturated carbocycles. The molecule has 0 aromatic heterocycles. The molecule has 1 unspecified atom stereocenters. The normalized spacial score (nSPS) is 14.1. The molecule has 0 saturated heterocycles. The third-order valence-corrected chi connectivity index (χ3v) is 3.54. The average Bonchev–Trinajstić information content (AvgIpc) is 2.15. The van der Waals surface area contributed by atoms with E-state index in [2.05, 4.69) is 0 Å². The topological polar surface area (TPSA) is 91.7 Å². The summed E-state index contributed by atoms with van der Waals surface area (Å²) >= 11 is -2.28. The van der Waals surface area contributed by atoms with E-state index in [1.54, 1.807) is 0 Å². The van der Waals surface area contributed by atoms with Crippen LogP contribution in [0.1, 0.15) is 25.3 Å². The van der Waals surface area contributed by atoms with Gasteiger partial charge in [-0.2, -0.15) is 8.42 Å². The van der Waals surface area contributed by atoms with Gasteiger partial charge in [-0.05, 0) is 29.7 Å². The second-order valence-electron chi connectivity index (χ2n) is 3.62. The summed E-state index contributed by atoms with van der Waals surface area (Å²) in [6, 6.07) is 3.71. The lowest BCUT2D eigenvalue weighted by molar-refractivity contribution is 0.482. The van der Waals surface area contributed by atoms with Crippen molar-refractivity contribution in [2.24, 2.45) is 0 Å². The molecule has 1 rings (SSSR count). The molecule has 0 radical (unpaired) electrons. The number of hydrogen-bond acceptors (Lipinski definition) is 3. The molecule has 2 N–H and O–H groups in total. The van der Waals surface area contributed by atoms with Crippen LogP contribution in [0.2, 0.25) is 0 Å². The van der Waals surface area contributed by atoms with Crippen LogP contribution in [0.15, 0.2) is 28.0 Å². The predicted molar refractivity (Wildman–Crippen MR) is 59.4 cm³/mol. The van der Waals surface area contributed by atoms with Crippen LogP contribution in [0.4, 0.5) is 0 Å². The SMILES string of the molecule is CC(C)c1cc(S(=O)O)cc(S(=O)(=O)O)c1. The van der Waals surface area contributed by atoms with E-state index in [0.29, 0.717) is 5.56 Å². The quantitative estimate of drug-likeness (QED) is 0.639. The molecular formula is C9H12O5S2. The van der Waals surface area contributed by atoms with Crippen LogP contribution in [0.5, 0.6) is 0 Å². The molecule has 16 heavy (non-hydrogen) atoms. The second-order valence-corrected chi connectivity index (χ2v) is 6.01. The van der Waals surface area contributed by atoms with Crippen molar-refractivity contribution in [1.82, 2.24) is 0 Å². The van der Waals surface area contributed by atoms with Gasteiger partial charge in [0, 0.05) is 0 Å². The lowest BCUT2D eigenvalue weighted by Gasteiger charge is -2.08. The molecule has 90 valence electrons. The molecule has 1 atom stereocenters. The Kier molecular flexibility index (Phi) is 3.84. The van der Waals surface area contributed by atoms with Gasteiger partial charge in [-0.15, -0.1) is 0 Å². The molecular weight excluding hydrogens is 252 g/mol. The predicted octanol–water partition coefficient (Wildman–Crippen LogP) is 1.64. The van der Waals surface area contributed by atoms with Crippen molar-refractivity contribution in [3.05, 3.63) is 23.8 Å². The zero-order valence-corrected chi connectivity index (χ0v) is 10.4. The molecule has 0 aliphatic rings. The second kappa shape index (κ2) is 4.62. The maximum Gasteiger partial charge on any atom is 0.294 e. The van der Waals surface area contributed by atoms with Gasteiger partial charge in [0.05, 0.1) is 9.79 Å². The molecule has 0 spiro atoms. The van der Waals surface area contributed by atoms with Crippen molar-refractivity contribution in [1.29, 1.82) is 0 Å².